The van der Waals surface area contributed by atoms with Crippen LogP contribution < -0.4 is 5.32 Å². The van der Waals surface area contributed by atoms with Crippen molar-refractivity contribution in [3.8, 4) is 0 Å². The molecular weight excluding hydrogens is 220 g/mol. The third kappa shape index (κ3) is 4.20. The molecule has 17 heavy (non-hydrogen) atoms. The highest BCUT2D eigenvalue weighted by atomic mass is 16.5. The largest absolute Gasteiger partial charge is 0.389 e. The van der Waals surface area contributed by atoms with E-state index in [1.807, 2.05) is 16.8 Å². The topological polar surface area (TPSA) is 63.5 Å². The summed E-state index contributed by atoms with van der Waals surface area (Å²) < 4.78 is 6.68. The van der Waals surface area contributed by atoms with Gasteiger partial charge in [0.2, 0.25) is 0 Å². The molecule has 0 aliphatic rings. The van der Waals surface area contributed by atoms with Crippen LogP contribution in [0.5, 0.6) is 0 Å². The highest BCUT2D eigenvalue weighted by Crippen LogP contribution is 2.03. The van der Waals surface area contributed by atoms with E-state index in [0.29, 0.717) is 5.69 Å². The lowest BCUT2D eigenvalue weighted by Crippen LogP contribution is -2.35. The summed E-state index contributed by atoms with van der Waals surface area (Å²) in [5.41, 5.74) is 0.622. The lowest BCUT2D eigenvalue weighted by Gasteiger charge is -2.12. The van der Waals surface area contributed by atoms with Crippen molar-refractivity contribution in [2.24, 2.45) is 0 Å². The number of hydrogen-bond acceptors (Lipinski definition) is 3. The zero-order chi connectivity index (χ0) is 12.7. The van der Waals surface area contributed by atoms with Gasteiger partial charge >= 0.3 is 0 Å². The predicted octanol–water partition coefficient (Wildman–Crippen LogP) is 0.635. The summed E-state index contributed by atoms with van der Waals surface area (Å²) in [4.78, 5) is 11.8. The molecule has 0 aliphatic carbocycles. The van der Waals surface area contributed by atoms with E-state index in [1.165, 1.54) is 7.11 Å². The van der Waals surface area contributed by atoms with E-state index in [9.17, 15) is 9.90 Å². The Kier molecular flexibility index (Phi) is 5.72. The van der Waals surface area contributed by atoms with E-state index >= 15 is 0 Å². The van der Waals surface area contributed by atoms with Gasteiger partial charge in [0.25, 0.3) is 5.91 Å². The molecule has 0 aromatic carbocycles. The number of carbonyl (C=O) groups excluding carboxylic acids is 1. The number of amides is 1. The van der Waals surface area contributed by atoms with E-state index < -0.39 is 6.10 Å². The minimum Gasteiger partial charge on any atom is -0.389 e. The number of carbonyl (C=O) groups is 1. The van der Waals surface area contributed by atoms with E-state index in [4.69, 9.17) is 4.74 Å². The second-order valence-corrected chi connectivity index (χ2v) is 3.91. The average molecular weight is 240 g/mol. The fraction of sp³-hybridized carbons (Fsp3) is 0.583. The van der Waals surface area contributed by atoms with Crippen molar-refractivity contribution in [2.75, 3.05) is 20.3 Å². The average Bonchev–Trinajstić information content (AvgIpc) is 2.75. The molecule has 0 saturated heterocycles. The molecule has 5 nitrogen and oxygen atoms in total. The predicted molar refractivity (Wildman–Crippen MR) is 64.9 cm³/mol. The Labute approximate surface area is 101 Å². The molecule has 1 atom stereocenters. The number of methoxy groups -OCH3 is 1. The molecule has 0 radical (unpaired) electrons. The Morgan fingerprint density at radius 2 is 2.41 bits per heavy atom. The number of aryl methyl sites for hydroxylation is 1. The van der Waals surface area contributed by atoms with Crippen LogP contribution >= 0.6 is 0 Å². The molecule has 0 spiro atoms. The van der Waals surface area contributed by atoms with Crippen LogP contribution in [0.15, 0.2) is 18.3 Å². The zero-order valence-corrected chi connectivity index (χ0v) is 10.3. The first-order chi connectivity index (χ1) is 8.19. The first-order valence-electron chi connectivity index (χ1n) is 5.79. The number of nitrogens with zero attached hydrogens (tertiary/aromatic N) is 1. The van der Waals surface area contributed by atoms with Gasteiger partial charge in [0.05, 0.1) is 12.7 Å². The van der Waals surface area contributed by atoms with Gasteiger partial charge in [-0.2, -0.15) is 0 Å². The molecule has 96 valence electrons. The molecule has 0 saturated carbocycles. The fourth-order valence-electron chi connectivity index (χ4n) is 1.61. The maximum absolute atomic E-state index is 11.8. The van der Waals surface area contributed by atoms with Crippen LogP contribution in [0.1, 0.15) is 23.8 Å². The molecule has 5 heteroatoms. The summed E-state index contributed by atoms with van der Waals surface area (Å²) in [5.74, 6) is -0.168. The summed E-state index contributed by atoms with van der Waals surface area (Å²) in [5, 5.41) is 12.1. The minimum absolute atomic E-state index is 0.168. The van der Waals surface area contributed by atoms with Gasteiger partial charge in [-0.25, -0.2) is 0 Å². The summed E-state index contributed by atoms with van der Waals surface area (Å²) in [6.07, 6.45) is 2.18. The summed E-state index contributed by atoms with van der Waals surface area (Å²) in [6, 6.07) is 3.61. The van der Waals surface area contributed by atoms with Crippen molar-refractivity contribution in [3.05, 3.63) is 24.0 Å². The molecule has 1 aromatic heterocycles. The van der Waals surface area contributed by atoms with Crippen molar-refractivity contribution in [2.45, 2.75) is 26.0 Å². The van der Waals surface area contributed by atoms with E-state index in [1.54, 1.807) is 6.07 Å². The number of aliphatic hydroxyl groups is 1. The Morgan fingerprint density at radius 3 is 3.06 bits per heavy atom. The molecule has 0 fully saturated rings. The van der Waals surface area contributed by atoms with Crippen molar-refractivity contribution in [3.63, 3.8) is 0 Å². The van der Waals surface area contributed by atoms with E-state index in [-0.39, 0.29) is 19.1 Å². The van der Waals surface area contributed by atoms with Crippen LogP contribution in [-0.4, -0.2) is 41.9 Å². The lowest BCUT2D eigenvalue weighted by molar-refractivity contribution is 0.0607. The maximum atomic E-state index is 11.8. The van der Waals surface area contributed by atoms with Gasteiger partial charge in [0, 0.05) is 26.4 Å². The van der Waals surface area contributed by atoms with Gasteiger partial charge in [-0.1, -0.05) is 6.92 Å². The number of nitrogens with one attached hydrogen (secondary N) is 1. The summed E-state index contributed by atoms with van der Waals surface area (Å²) in [6.45, 7) is 3.29. The number of ether oxygens (including phenoxy) is 1. The smallest absolute Gasteiger partial charge is 0.267 e. The minimum atomic E-state index is -0.668. The normalized spacial score (nSPS) is 12.4. The molecule has 1 heterocycles. The molecule has 0 aliphatic heterocycles. The van der Waals surface area contributed by atoms with Gasteiger partial charge in [-0.15, -0.1) is 0 Å². The highest BCUT2D eigenvalue weighted by Gasteiger charge is 2.11. The zero-order valence-electron chi connectivity index (χ0n) is 10.3. The Morgan fingerprint density at radius 1 is 1.65 bits per heavy atom. The van der Waals surface area contributed by atoms with Gasteiger partial charge in [0.1, 0.15) is 5.69 Å². The Bertz CT molecular complexity index is 349. The van der Waals surface area contributed by atoms with Gasteiger partial charge in [-0.05, 0) is 18.6 Å². The molecule has 1 aromatic rings. The summed E-state index contributed by atoms with van der Waals surface area (Å²) in [7, 11) is 1.51. The van der Waals surface area contributed by atoms with Crippen LogP contribution in [-0.2, 0) is 11.3 Å². The standard InChI is InChI=1S/C12H20N2O3/c1-3-6-14-7-4-5-11(14)12(16)13-8-10(15)9-17-2/h4-5,7,10,15H,3,6,8-9H2,1-2H3,(H,13,16). The van der Waals surface area contributed by atoms with Crippen molar-refractivity contribution < 1.29 is 14.6 Å². The number of aromatic nitrogens is 1. The molecule has 1 unspecified atom stereocenters. The fourth-order valence-corrected chi connectivity index (χ4v) is 1.61. The Hall–Kier alpha value is -1.33. The van der Waals surface area contributed by atoms with Crippen molar-refractivity contribution in [1.29, 1.82) is 0 Å². The summed E-state index contributed by atoms with van der Waals surface area (Å²) >= 11 is 0. The first kappa shape index (κ1) is 13.7. The molecular formula is C12H20N2O3. The first-order valence-corrected chi connectivity index (χ1v) is 5.79. The molecule has 1 rings (SSSR count). The number of rotatable bonds is 7. The van der Waals surface area contributed by atoms with Crippen LogP contribution in [0.4, 0.5) is 0 Å². The van der Waals surface area contributed by atoms with Crippen molar-refractivity contribution >= 4 is 5.91 Å². The van der Waals surface area contributed by atoms with E-state index in [2.05, 4.69) is 12.2 Å². The number of hydrogen-bond donors (Lipinski definition) is 2. The van der Waals surface area contributed by atoms with Crippen LogP contribution in [0.3, 0.4) is 0 Å². The van der Waals surface area contributed by atoms with Crippen molar-refractivity contribution in [1.82, 2.24) is 9.88 Å². The van der Waals surface area contributed by atoms with Gasteiger partial charge in [-0.3, -0.25) is 4.79 Å². The monoisotopic (exact) mass is 240 g/mol. The highest BCUT2D eigenvalue weighted by molar-refractivity contribution is 5.92. The van der Waals surface area contributed by atoms with E-state index in [0.717, 1.165) is 13.0 Å². The van der Waals surface area contributed by atoms with Gasteiger partial charge < -0.3 is 19.7 Å². The molecule has 0 bridgehead atoms. The third-order valence-corrected chi connectivity index (χ3v) is 2.38. The quantitative estimate of drug-likeness (QED) is 0.735. The van der Waals surface area contributed by atoms with Crippen LogP contribution in [0.2, 0.25) is 0 Å². The second kappa shape index (κ2) is 7.09. The third-order valence-electron chi connectivity index (χ3n) is 2.38. The number of aliphatic hydroxyl groups excluding tert-OH is 1. The van der Waals surface area contributed by atoms with Gasteiger partial charge in [0.15, 0.2) is 0 Å². The lowest BCUT2D eigenvalue weighted by atomic mass is 10.3. The molecule has 2 N–H and O–H groups in total. The maximum Gasteiger partial charge on any atom is 0.267 e. The SMILES string of the molecule is CCCn1cccc1C(=O)NCC(O)COC. The second-order valence-electron chi connectivity index (χ2n) is 3.91. The van der Waals surface area contributed by atoms with Crippen LogP contribution in [0.25, 0.3) is 0 Å². The molecule has 1 amide bonds. The Balaban J connectivity index is 2.49. The van der Waals surface area contributed by atoms with Crippen LogP contribution in [0, 0.1) is 0 Å².